The molecule has 26 heavy (non-hydrogen) atoms. The molecule has 0 saturated heterocycles. The Morgan fingerprint density at radius 3 is 2.46 bits per heavy atom. The Labute approximate surface area is 156 Å². The number of hydrogen-bond donors (Lipinski definition) is 1. The van der Waals surface area contributed by atoms with Crippen molar-refractivity contribution >= 4 is 5.91 Å². The molecule has 1 amide bonds. The third-order valence-corrected chi connectivity index (χ3v) is 5.03. The van der Waals surface area contributed by atoms with E-state index in [1.807, 2.05) is 24.3 Å². The number of nitrogens with zero attached hydrogens (tertiary/aromatic N) is 1. The van der Waals surface area contributed by atoms with Gasteiger partial charge in [-0.15, -0.1) is 0 Å². The molecule has 0 radical (unpaired) electrons. The lowest BCUT2D eigenvalue weighted by Crippen LogP contribution is -2.42. The first-order valence-corrected chi connectivity index (χ1v) is 9.29. The van der Waals surface area contributed by atoms with Crippen LogP contribution in [-0.2, 0) is 17.8 Å². The summed E-state index contributed by atoms with van der Waals surface area (Å²) < 4.78 is 5.23. The lowest BCUT2D eigenvalue weighted by molar-refractivity contribution is -0.123. The molecule has 0 spiro atoms. The van der Waals surface area contributed by atoms with E-state index in [1.165, 1.54) is 11.1 Å². The van der Waals surface area contributed by atoms with Crippen molar-refractivity contribution in [2.24, 2.45) is 5.92 Å². The smallest absolute Gasteiger partial charge is 0.234 e. The van der Waals surface area contributed by atoms with Gasteiger partial charge in [-0.1, -0.05) is 50.2 Å². The standard InChI is InChI=1S/C22H28N2O2/c1-16(2)22(18-8-10-20(26-3)11-9-18)23-21(25)15-24-13-12-17-6-4-5-7-19(17)14-24/h4-11,16,22H,12-15H2,1-3H3,(H,23,25). The minimum atomic E-state index is 0.00508. The van der Waals surface area contributed by atoms with E-state index in [0.717, 1.165) is 30.8 Å². The molecule has 2 aromatic carbocycles. The van der Waals surface area contributed by atoms with E-state index < -0.39 is 0 Å². The second-order valence-corrected chi connectivity index (χ2v) is 7.29. The first-order chi connectivity index (χ1) is 12.6. The molecule has 1 heterocycles. The van der Waals surface area contributed by atoms with Gasteiger partial charge in [-0.3, -0.25) is 9.69 Å². The van der Waals surface area contributed by atoms with Gasteiger partial charge in [0.15, 0.2) is 0 Å². The molecule has 0 aromatic heterocycles. The van der Waals surface area contributed by atoms with Crippen molar-refractivity contribution in [1.29, 1.82) is 0 Å². The SMILES string of the molecule is COc1ccc(C(NC(=O)CN2CCc3ccccc3C2)C(C)C)cc1. The first kappa shape index (κ1) is 18.5. The van der Waals surface area contributed by atoms with Gasteiger partial charge in [0, 0.05) is 13.1 Å². The van der Waals surface area contributed by atoms with Crippen LogP contribution in [0.5, 0.6) is 5.75 Å². The molecule has 4 nitrogen and oxygen atoms in total. The van der Waals surface area contributed by atoms with Gasteiger partial charge < -0.3 is 10.1 Å². The number of benzene rings is 2. The second-order valence-electron chi connectivity index (χ2n) is 7.29. The number of nitrogens with one attached hydrogen (secondary N) is 1. The molecule has 1 atom stereocenters. The summed E-state index contributed by atoms with van der Waals surface area (Å²) in [6.07, 6.45) is 1.01. The zero-order chi connectivity index (χ0) is 18.5. The van der Waals surface area contributed by atoms with Crippen LogP contribution in [0.15, 0.2) is 48.5 Å². The molecule has 4 heteroatoms. The van der Waals surface area contributed by atoms with Crippen LogP contribution in [0.3, 0.4) is 0 Å². The second kappa shape index (κ2) is 8.37. The molecule has 138 valence electrons. The fourth-order valence-corrected chi connectivity index (χ4v) is 3.56. The summed E-state index contributed by atoms with van der Waals surface area (Å²) in [7, 11) is 1.66. The maximum atomic E-state index is 12.7. The maximum Gasteiger partial charge on any atom is 0.234 e. The molecule has 1 aliphatic rings. The lowest BCUT2D eigenvalue weighted by atomic mass is 9.95. The number of carbonyl (C=O) groups excluding carboxylic acids is 1. The number of carbonyl (C=O) groups is 1. The van der Waals surface area contributed by atoms with E-state index in [2.05, 4.69) is 48.3 Å². The summed E-state index contributed by atoms with van der Waals surface area (Å²) >= 11 is 0. The van der Waals surface area contributed by atoms with Crippen molar-refractivity contribution in [2.75, 3.05) is 20.2 Å². The van der Waals surface area contributed by atoms with Crippen molar-refractivity contribution in [3.05, 3.63) is 65.2 Å². The van der Waals surface area contributed by atoms with Crippen LogP contribution in [0.25, 0.3) is 0 Å². The van der Waals surface area contributed by atoms with Gasteiger partial charge in [0.05, 0.1) is 19.7 Å². The minimum absolute atomic E-state index is 0.00508. The molecular formula is C22H28N2O2. The molecule has 0 bridgehead atoms. The average molecular weight is 352 g/mol. The molecule has 3 rings (SSSR count). The highest BCUT2D eigenvalue weighted by Gasteiger charge is 2.22. The summed E-state index contributed by atoms with van der Waals surface area (Å²) in [5.41, 5.74) is 3.85. The third kappa shape index (κ3) is 4.44. The predicted octanol–water partition coefficient (Wildman–Crippen LogP) is 3.57. The Morgan fingerprint density at radius 2 is 1.81 bits per heavy atom. The summed E-state index contributed by atoms with van der Waals surface area (Å²) in [5, 5.41) is 3.22. The zero-order valence-corrected chi connectivity index (χ0v) is 15.9. The minimum Gasteiger partial charge on any atom is -0.497 e. The fraction of sp³-hybridized carbons (Fsp3) is 0.409. The molecule has 0 saturated carbocycles. The van der Waals surface area contributed by atoms with Crippen molar-refractivity contribution in [2.45, 2.75) is 32.9 Å². The number of rotatable bonds is 6. The highest BCUT2D eigenvalue weighted by Crippen LogP contribution is 2.24. The van der Waals surface area contributed by atoms with Crippen LogP contribution >= 0.6 is 0 Å². The summed E-state index contributed by atoms with van der Waals surface area (Å²) in [4.78, 5) is 14.9. The van der Waals surface area contributed by atoms with Gasteiger partial charge in [-0.05, 0) is 41.2 Å². The monoisotopic (exact) mass is 352 g/mol. The molecule has 1 aliphatic heterocycles. The average Bonchev–Trinajstić information content (AvgIpc) is 2.66. The van der Waals surface area contributed by atoms with Gasteiger partial charge in [-0.25, -0.2) is 0 Å². The van der Waals surface area contributed by atoms with E-state index >= 15 is 0 Å². The summed E-state index contributed by atoms with van der Waals surface area (Å²) in [6.45, 7) is 6.48. The Balaban J connectivity index is 1.61. The van der Waals surface area contributed by atoms with Gasteiger partial charge in [0.2, 0.25) is 5.91 Å². The zero-order valence-electron chi connectivity index (χ0n) is 15.9. The van der Waals surface area contributed by atoms with Crippen LogP contribution in [-0.4, -0.2) is 31.0 Å². The van der Waals surface area contributed by atoms with E-state index in [9.17, 15) is 4.79 Å². The lowest BCUT2D eigenvalue weighted by Gasteiger charge is -2.29. The Bertz CT molecular complexity index is 740. The van der Waals surface area contributed by atoms with Gasteiger partial charge in [0.25, 0.3) is 0 Å². The van der Waals surface area contributed by atoms with E-state index in [-0.39, 0.29) is 11.9 Å². The van der Waals surface area contributed by atoms with Crippen LogP contribution in [0.4, 0.5) is 0 Å². The molecule has 0 fully saturated rings. The number of amides is 1. The van der Waals surface area contributed by atoms with Crippen LogP contribution < -0.4 is 10.1 Å². The topological polar surface area (TPSA) is 41.6 Å². The highest BCUT2D eigenvalue weighted by atomic mass is 16.5. The first-order valence-electron chi connectivity index (χ1n) is 9.29. The van der Waals surface area contributed by atoms with Crippen molar-refractivity contribution < 1.29 is 9.53 Å². The normalized spacial score (nSPS) is 15.4. The Morgan fingerprint density at radius 1 is 1.12 bits per heavy atom. The van der Waals surface area contributed by atoms with Crippen molar-refractivity contribution in [1.82, 2.24) is 10.2 Å². The van der Waals surface area contributed by atoms with Gasteiger partial charge in [-0.2, -0.15) is 0 Å². The van der Waals surface area contributed by atoms with Gasteiger partial charge >= 0.3 is 0 Å². The third-order valence-electron chi connectivity index (χ3n) is 5.03. The number of fused-ring (bicyclic) bond motifs is 1. The van der Waals surface area contributed by atoms with E-state index in [0.29, 0.717) is 12.5 Å². The van der Waals surface area contributed by atoms with E-state index in [1.54, 1.807) is 7.11 Å². The van der Waals surface area contributed by atoms with Crippen molar-refractivity contribution in [3.8, 4) is 5.75 Å². The maximum absolute atomic E-state index is 12.7. The Kier molecular flexibility index (Phi) is 5.94. The molecular weight excluding hydrogens is 324 g/mol. The quantitative estimate of drug-likeness (QED) is 0.864. The fourth-order valence-electron chi connectivity index (χ4n) is 3.56. The Hall–Kier alpha value is -2.33. The molecule has 0 aliphatic carbocycles. The van der Waals surface area contributed by atoms with Gasteiger partial charge in [0.1, 0.15) is 5.75 Å². The molecule has 1 unspecified atom stereocenters. The predicted molar refractivity (Wildman–Crippen MR) is 104 cm³/mol. The molecule has 1 N–H and O–H groups in total. The van der Waals surface area contributed by atoms with E-state index in [4.69, 9.17) is 4.74 Å². The van der Waals surface area contributed by atoms with Crippen LogP contribution in [0.2, 0.25) is 0 Å². The molecule has 2 aromatic rings. The van der Waals surface area contributed by atoms with Crippen LogP contribution in [0.1, 0.15) is 36.6 Å². The summed E-state index contributed by atoms with van der Waals surface area (Å²) in [6, 6.07) is 16.5. The number of ether oxygens (including phenoxy) is 1. The highest BCUT2D eigenvalue weighted by molar-refractivity contribution is 5.78. The van der Waals surface area contributed by atoms with Crippen LogP contribution in [0, 0.1) is 5.92 Å². The number of methoxy groups -OCH3 is 1. The number of hydrogen-bond acceptors (Lipinski definition) is 3. The van der Waals surface area contributed by atoms with Crippen molar-refractivity contribution in [3.63, 3.8) is 0 Å². The summed E-state index contributed by atoms with van der Waals surface area (Å²) in [5.74, 6) is 1.22. The largest absolute Gasteiger partial charge is 0.497 e.